The molecule has 0 saturated heterocycles. The summed E-state index contributed by atoms with van der Waals surface area (Å²) < 4.78 is 16.9. The number of benzene rings is 2. The number of anilines is 3. The van der Waals surface area contributed by atoms with E-state index in [0.29, 0.717) is 19.1 Å². The van der Waals surface area contributed by atoms with Crippen LogP contribution in [-0.2, 0) is 11.3 Å². The SMILES string of the molecule is CCCOc1ccc(N(C)c2ccc3c(c2)OCC[C@H]3CNc2cnccc2COCO)cc1. The molecule has 0 radical (unpaired) electrons. The molecule has 1 atom stereocenters. The molecule has 0 saturated carbocycles. The average molecular weight is 464 g/mol. The van der Waals surface area contributed by atoms with Crippen molar-refractivity contribution in [3.63, 3.8) is 0 Å². The molecule has 0 fully saturated rings. The standard InChI is InChI=1S/C27H33N3O4/c1-3-13-33-24-7-4-22(5-8-24)30(2)23-6-9-25-20(11-14-34-27(25)15-23)16-29-26-17-28-12-10-21(26)18-32-19-31/h4-10,12,15,17,20,29,31H,3,11,13-14,16,18-19H2,1-2H3/t20-/m0/s1. The van der Waals surface area contributed by atoms with Crippen LogP contribution in [0.2, 0.25) is 0 Å². The van der Waals surface area contributed by atoms with Crippen LogP contribution >= 0.6 is 0 Å². The van der Waals surface area contributed by atoms with E-state index in [9.17, 15) is 0 Å². The zero-order chi connectivity index (χ0) is 23.8. The van der Waals surface area contributed by atoms with Crippen molar-refractivity contribution in [3.8, 4) is 11.5 Å². The van der Waals surface area contributed by atoms with Crippen LogP contribution in [0, 0.1) is 0 Å². The average Bonchev–Trinajstić information content (AvgIpc) is 2.89. The number of aliphatic hydroxyl groups is 1. The number of ether oxygens (including phenoxy) is 3. The topological polar surface area (TPSA) is 76.1 Å². The summed E-state index contributed by atoms with van der Waals surface area (Å²) in [5, 5.41) is 12.5. The number of aromatic nitrogens is 1. The van der Waals surface area contributed by atoms with Crippen LogP contribution in [0.5, 0.6) is 11.5 Å². The Hall–Kier alpha value is -3.29. The molecule has 0 unspecified atom stereocenters. The van der Waals surface area contributed by atoms with Gasteiger partial charge in [0, 0.05) is 48.7 Å². The molecule has 2 N–H and O–H groups in total. The minimum atomic E-state index is -0.303. The van der Waals surface area contributed by atoms with Gasteiger partial charge in [0.05, 0.1) is 31.7 Å². The van der Waals surface area contributed by atoms with E-state index in [1.54, 1.807) is 12.4 Å². The summed E-state index contributed by atoms with van der Waals surface area (Å²) in [7, 11) is 2.06. The van der Waals surface area contributed by atoms with E-state index < -0.39 is 0 Å². The fourth-order valence-corrected chi connectivity index (χ4v) is 4.10. The molecular formula is C27H33N3O4. The third-order valence-corrected chi connectivity index (χ3v) is 6.04. The van der Waals surface area contributed by atoms with Crippen LogP contribution in [0.25, 0.3) is 0 Å². The maximum Gasteiger partial charge on any atom is 0.144 e. The van der Waals surface area contributed by atoms with E-state index in [-0.39, 0.29) is 6.79 Å². The van der Waals surface area contributed by atoms with E-state index >= 15 is 0 Å². The maximum atomic E-state index is 8.96. The number of aliphatic hydroxyl groups excluding tert-OH is 1. The lowest BCUT2D eigenvalue weighted by Crippen LogP contribution is -2.22. The summed E-state index contributed by atoms with van der Waals surface area (Å²) in [6, 6.07) is 16.5. The third-order valence-electron chi connectivity index (χ3n) is 6.04. The van der Waals surface area contributed by atoms with Crippen LogP contribution in [0.3, 0.4) is 0 Å². The van der Waals surface area contributed by atoms with Gasteiger partial charge >= 0.3 is 0 Å². The Balaban J connectivity index is 1.44. The van der Waals surface area contributed by atoms with Gasteiger partial charge in [0.1, 0.15) is 18.3 Å². The molecule has 4 rings (SSSR count). The molecule has 3 aromatic rings. The van der Waals surface area contributed by atoms with Gasteiger partial charge in [-0.25, -0.2) is 0 Å². The second kappa shape index (κ2) is 11.7. The van der Waals surface area contributed by atoms with Crippen molar-refractivity contribution < 1.29 is 19.3 Å². The van der Waals surface area contributed by atoms with Gasteiger partial charge in [0.25, 0.3) is 0 Å². The number of nitrogens with one attached hydrogen (secondary N) is 1. The van der Waals surface area contributed by atoms with Gasteiger partial charge in [-0.1, -0.05) is 13.0 Å². The van der Waals surface area contributed by atoms with E-state index in [2.05, 4.69) is 59.5 Å². The van der Waals surface area contributed by atoms with Crippen LogP contribution in [0.1, 0.15) is 36.8 Å². The lowest BCUT2D eigenvalue weighted by atomic mass is 9.92. The summed E-state index contributed by atoms with van der Waals surface area (Å²) in [5.74, 6) is 2.15. The number of pyridine rings is 1. The molecule has 1 aromatic heterocycles. The summed E-state index contributed by atoms with van der Waals surface area (Å²) in [6.45, 7) is 4.32. The predicted octanol–water partition coefficient (Wildman–Crippen LogP) is 5.08. The van der Waals surface area contributed by atoms with Gasteiger partial charge in [-0.05, 0) is 54.8 Å². The second-order valence-electron chi connectivity index (χ2n) is 8.35. The van der Waals surface area contributed by atoms with Gasteiger partial charge in [0.15, 0.2) is 0 Å². The lowest BCUT2D eigenvalue weighted by molar-refractivity contribution is -0.0110. The minimum absolute atomic E-state index is 0.303. The van der Waals surface area contributed by atoms with Gasteiger partial charge in [-0.15, -0.1) is 0 Å². The molecule has 2 aromatic carbocycles. The van der Waals surface area contributed by atoms with E-state index in [1.807, 2.05) is 18.2 Å². The van der Waals surface area contributed by atoms with Crippen LogP contribution < -0.4 is 19.7 Å². The molecule has 0 spiro atoms. The number of fused-ring (bicyclic) bond motifs is 1. The highest BCUT2D eigenvalue weighted by Gasteiger charge is 2.23. The summed E-state index contributed by atoms with van der Waals surface area (Å²) in [6.07, 6.45) is 5.47. The molecule has 7 nitrogen and oxygen atoms in total. The molecule has 34 heavy (non-hydrogen) atoms. The molecule has 1 aliphatic heterocycles. The Labute approximate surface area is 201 Å². The van der Waals surface area contributed by atoms with Gasteiger partial charge in [-0.2, -0.15) is 0 Å². The largest absolute Gasteiger partial charge is 0.494 e. The van der Waals surface area contributed by atoms with E-state index in [1.165, 1.54) is 5.56 Å². The minimum Gasteiger partial charge on any atom is -0.494 e. The summed E-state index contributed by atoms with van der Waals surface area (Å²) >= 11 is 0. The van der Waals surface area contributed by atoms with Gasteiger partial charge < -0.3 is 29.5 Å². The third kappa shape index (κ3) is 5.79. The van der Waals surface area contributed by atoms with Crippen molar-refractivity contribution in [2.24, 2.45) is 0 Å². The van der Waals surface area contributed by atoms with Crippen molar-refractivity contribution >= 4 is 17.1 Å². The number of hydrogen-bond acceptors (Lipinski definition) is 7. The normalized spacial score (nSPS) is 14.7. The first-order valence-electron chi connectivity index (χ1n) is 11.8. The highest BCUT2D eigenvalue weighted by molar-refractivity contribution is 5.66. The second-order valence-corrected chi connectivity index (χ2v) is 8.35. The first kappa shape index (κ1) is 23.9. The first-order valence-corrected chi connectivity index (χ1v) is 11.8. The quantitative estimate of drug-likeness (QED) is 0.384. The fourth-order valence-electron chi connectivity index (χ4n) is 4.10. The molecule has 1 aliphatic rings. The zero-order valence-electron chi connectivity index (χ0n) is 19.9. The smallest absolute Gasteiger partial charge is 0.144 e. The van der Waals surface area contributed by atoms with Crippen molar-refractivity contribution in [2.75, 3.05) is 43.8 Å². The summed E-state index contributed by atoms with van der Waals surface area (Å²) in [4.78, 5) is 6.37. The van der Waals surface area contributed by atoms with Crippen molar-refractivity contribution in [2.45, 2.75) is 32.3 Å². The molecule has 180 valence electrons. The summed E-state index contributed by atoms with van der Waals surface area (Å²) in [5.41, 5.74) is 5.26. The Morgan fingerprint density at radius 1 is 1.15 bits per heavy atom. The highest BCUT2D eigenvalue weighted by atomic mass is 16.6. The van der Waals surface area contributed by atoms with Gasteiger partial charge in [0.2, 0.25) is 0 Å². The van der Waals surface area contributed by atoms with Crippen molar-refractivity contribution in [3.05, 3.63) is 72.1 Å². The Morgan fingerprint density at radius 2 is 1.97 bits per heavy atom. The number of rotatable bonds is 11. The number of nitrogens with zero attached hydrogens (tertiary/aromatic N) is 2. The predicted molar refractivity (Wildman–Crippen MR) is 134 cm³/mol. The highest BCUT2D eigenvalue weighted by Crippen LogP contribution is 2.38. The first-order chi connectivity index (χ1) is 16.7. The van der Waals surface area contributed by atoms with E-state index in [4.69, 9.17) is 19.3 Å². The van der Waals surface area contributed by atoms with Crippen LogP contribution in [0.15, 0.2) is 60.9 Å². The molecule has 0 bridgehead atoms. The molecule has 7 heteroatoms. The monoisotopic (exact) mass is 463 g/mol. The molecule has 0 amide bonds. The Bertz CT molecular complexity index is 1060. The lowest BCUT2D eigenvalue weighted by Gasteiger charge is -2.29. The fraction of sp³-hybridized carbons (Fsp3) is 0.370. The van der Waals surface area contributed by atoms with E-state index in [0.717, 1.165) is 60.1 Å². The molecular weight excluding hydrogens is 430 g/mol. The van der Waals surface area contributed by atoms with Crippen molar-refractivity contribution in [1.82, 2.24) is 4.98 Å². The van der Waals surface area contributed by atoms with Crippen LogP contribution in [-0.4, -0.2) is 43.7 Å². The Kier molecular flexibility index (Phi) is 8.22. The zero-order valence-corrected chi connectivity index (χ0v) is 19.9. The van der Waals surface area contributed by atoms with Gasteiger partial charge in [-0.3, -0.25) is 4.98 Å². The number of hydrogen-bond donors (Lipinski definition) is 2. The van der Waals surface area contributed by atoms with Crippen LogP contribution in [0.4, 0.5) is 17.1 Å². The molecule has 0 aliphatic carbocycles. The maximum absolute atomic E-state index is 8.96. The Morgan fingerprint density at radius 3 is 2.76 bits per heavy atom. The van der Waals surface area contributed by atoms with Crippen molar-refractivity contribution in [1.29, 1.82) is 0 Å². The molecule has 2 heterocycles.